The van der Waals surface area contributed by atoms with Gasteiger partial charge in [0.15, 0.2) is 0 Å². The molecule has 0 spiro atoms. The lowest BCUT2D eigenvalue weighted by Crippen LogP contribution is -2.11. The minimum atomic E-state index is -0.817. The van der Waals surface area contributed by atoms with Crippen molar-refractivity contribution in [2.45, 2.75) is 0 Å². The predicted octanol–water partition coefficient (Wildman–Crippen LogP) is 2.10. The first-order chi connectivity index (χ1) is 11.0. The minimum absolute atomic E-state index is 0.0217. The summed E-state index contributed by atoms with van der Waals surface area (Å²) in [6, 6.07) is 6.04. The molecule has 8 heteroatoms. The zero-order valence-electron chi connectivity index (χ0n) is 11.7. The molecule has 2 heterocycles. The van der Waals surface area contributed by atoms with Crippen LogP contribution in [0.15, 0.2) is 36.5 Å². The molecule has 3 aromatic rings. The van der Waals surface area contributed by atoms with Crippen LogP contribution >= 0.6 is 0 Å². The van der Waals surface area contributed by atoms with Crippen LogP contribution in [0.5, 0.6) is 0 Å². The highest BCUT2D eigenvalue weighted by Crippen LogP contribution is 2.30. The van der Waals surface area contributed by atoms with Crippen LogP contribution in [0.2, 0.25) is 0 Å². The highest BCUT2D eigenvalue weighted by atomic mass is 19.1. The molecular weight excluding hydrogens is 304 g/mol. The first-order valence-electron chi connectivity index (χ1n) is 6.53. The average Bonchev–Trinajstić information content (AvgIpc) is 2.92. The number of H-pyrrole nitrogens is 1. The molecule has 0 unspecified atom stereocenters. The molecule has 116 valence electrons. The number of hydrogen-bond donors (Lipinski definition) is 3. The predicted molar refractivity (Wildman–Crippen MR) is 80.1 cm³/mol. The average molecular weight is 315 g/mol. The molecule has 1 amide bonds. The summed E-state index contributed by atoms with van der Waals surface area (Å²) in [5.41, 5.74) is 11.9. The van der Waals surface area contributed by atoms with Gasteiger partial charge in [0, 0.05) is 17.8 Å². The van der Waals surface area contributed by atoms with Crippen molar-refractivity contribution in [2.75, 3.05) is 5.73 Å². The summed E-state index contributed by atoms with van der Waals surface area (Å²) in [5, 5.41) is 0. The van der Waals surface area contributed by atoms with Crippen LogP contribution in [0, 0.1) is 11.6 Å². The number of aromatic amines is 1. The van der Waals surface area contributed by atoms with E-state index in [-0.39, 0.29) is 22.8 Å². The number of nitrogens with zero attached hydrogens (tertiary/aromatic N) is 2. The zero-order valence-corrected chi connectivity index (χ0v) is 11.7. The molecule has 23 heavy (non-hydrogen) atoms. The van der Waals surface area contributed by atoms with Crippen molar-refractivity contribution < 1.29 is 13.6 Å². The van der Waals surface area contributed by atoms with Gasteiger partial charge in [-0.05, 0) is 24.3 Å². The molecule has 0 saturated carbocycles. The molecule has 0 aliphatic rings. The highest BCUT2D eigenvalue weighted by Gasteiger charge is 2.19. The Morgan fingerprint density at radius 3 is 2.61 bits per heavy atom. The third kappa shape index (κ3) is 2.73. The van der Waals surface area contributed by atoms with Gasteiger partial charge in [0.05, 0.1) is 22.6 Å². The lowest BCUT2D eigenvalue weighted by atomic mass is 10.1. The summed E-state index contributed by atoms with van der Waals surface area (Å²) in [7, 11) is 0. The van der Waals surface area contributed by atoms with Gasteiger partial charge in [-0.3, -0.25) is 4.79 Å². The number of amides is 1. The van der Waals surface area contributed by atoms with Crippen LogP contribution in [0.3, 0.4) is 0 Å². The maximum absolute atomic E-state index is 14.0. The lowest BCUT2D eigenvalue weighted by molar-refractivity contribution is 0.100. The fourth-order valence-corrected chi connectivity index (χ4v) is 2.22. The summed E-state index contributed by atoms with van der Waals surface area (Å²) in [5.74, 6) is -2.24. The van der Waals surface area contributed by atoms with Crippen LogP contribution in [0.4, 0.5) is 14.7 Å². The number of aromatic nitrogens is 3. The fraction of sp³-hybridized carbons (Fsp3) is 0. The van der Waals surface area contributed by atoms with Crippen LogP contribution in [0.25, 0.3) is 22.6 Å². The molecule has 2 aromatic heterocycles. The molecule has 6 nitrogen and oxygen atoms in total. The van der Waals surface area contributed by atoms with E-state index in [9.17, 15) is 13.6 Å². The van der Waals surface area contributed by atoms with Gasteiger partial charge in [0.1, 0.15) is 11.6 Å². The third-order valence-electron chi connectivity index (χ3n) is 3.23. The van der Waals surface area contributed by atoms with Crippen molar-refractivity contribution >= 4 is 11.9 Å². The van der Waals surface area contributed by atoms with Gasteiger partial charge in [-0.2, -0.15) is 0 Å². The third-order valence-corrected chi connectivity index (χ3v) is 3.23. The Morgan fingerprint density at radius 1 is 1.17 bits per heavy atom. The summed E-state index contributed by atoms with van der Waals surface area (Å²) in [6.07, 6.45) is 1.45. The van der Waals surface area contributed by atoms with E-state index in [1.807, 2.05) is 0 Å². The molecule has 0 aliphatic heterocycles. The van der Waals surface area contributed by atoms with Gasteiger partial charge in [0.2, 0.25) is 5.95 Å². The topological polar surface area (TPSA) is 111 Å². The lowest BCUT2D eigenvalue weighted by Gasteiger charge is -2.03. The number of nitrogens with one attached hydrogen (secondary N) is 1. The van der Waals surface area contributed by atoms with Crippen LogP contribution in [-0.4, -0.2) is 20.9 Å². The minimum Gasteiger partial charge on any atom is -0.368 e. The monoisotopic (exact) mass is 315 g/mol. The van der Waals surface area contributed by atoms with Crippen molar-refractivity contribution in [3.63, 3.8) is 0 Å². The van der Waals surface area contributed by atoms with Gasteiger partial charge in [-0.25, -0.2) is 18.7 Å². The second-order valence-electron chi connectivity index (χ2n) is 4.76. The van der Waals surface area contributed by atoms with Gasteiger partial charge in [-0.1, -0.05) is 0 Å². The Bertz CT molecular complexity index is 907. The quantitative estimate of drug-likeness (QED) is 0.687. The molecule has 0 saturated heterocycles. The van der Waals surface area contributed by atoms with Crippen molar-refractivity contribution in [3.05, 3.63) is 53.7 Å². The zero-order chi connectivity index (χ0) is 16.6. The SMILES string of the molecule is NC(=O)c1cc(-c2ccnc(N)n2)[nH]c1-c1ccc(F)cc1F. The normalized spacial score (nSPS) is 10.7. The Labute approximate surface area is 129 Å². The van der Waals surface area contributed by atoms with Gasteiger partial charge in [0.25, 0.3) is 5.91 Å². The largest absolute Gasteiger partial charge is 0.368 e. The molecule has 3 rings (SSSR count). The van der Waals surface area contributed by atoms with E-state index in [4.69, 9.17) is 11.5 Å². The van der Waals surface area contributed by atoms with E-state index < -0.39 is 17.5 Å². The molecule has 5 N–H and O–H groups in total. The number of nitrogen functional groups attached to an aromatic ring is 1. The molecule has 0 atom stereocenters. The number of primary amides is 1. The first kappa shape index (κ1) is 14.6. The maximum Gasteiger partial charge on any atom is 0.250 e. The number of rotatable bonds is 3. The number of nitrogens with two attached hydrogens (primary N) is 2. The van der Waals surface area contributed by atoms with Gasteiger partial charge >= 0.3 is 0 Å². The maximum atomic E-state index is 14.0. The van der Waals surface area contributed by atoms with Crippen molar-refractivity contribution in [1.82, 2.24) is 15.0 Å². The van der Waals surface area contributed by atoms with E-state index in [1.165, 1.54) is 18.3 Å². The second kappa shape index (κ2) is 5.48. The highest BCUT2D eigenvalue weighted by molar-refractivity contribution is 6.00. The number of benzene rings is 1. The number of anilines is 1. The molecule has 1 aromatic carbocycles. The summed E-state index contributed by atoms with van der Waals surface area (Å²) in [6.45, 7) is 0. The summed E-state index contributed by atoms with van der Waals surface area (Å²) >= 11 is 0. The van der Waals surface area contributed by atoms with E-state index in [0.29, 0.717) is 11.4 Å². The van der Waals surface area contributed by atoms with Crippen LogP contribution in [0.1, 0.15) is 10.4 Å². The second-order valence-corrected chi connectivity index (χ2v) is 4.76. The van der Waals surface area contributed by atoms with Gasteiger partial charge in [-0.15, -0.1) is 0 Å². The Hall–Kier alpha value is -3.29. The molecule has 0 aliphatic carbocycles. The Kier molecular flexibility index (Phi) is 3.49. The number of carbonyl (C=O) groups excluding carboxylic acids is 1. The number of halogens is 2. The molecular formula is C15H11F2N5O. The summed E-state index contributed by atoms with van der Waals surface area (Å²) in [4.78, 5) is 22.3. The summed E-state index contributed by atoms with van der Waals surface area (Å²) < 4.78 is 27.1. The number of carbonyl (C=O) groups is 1. The fourth-order valence-electron chi connectivity index (χ4n) is 2.22. The van der Waals surface area contributed by atoms with E-state index in [0.717, 1.165) is 12.1 Å². The standard InChI is InChI=1S/C15H11F2N5O/c16-7-1-2-8(10(17)5-7)13-9(14(18)23)6-12(21-13)11-3-4-20-15(19)22-11/h1-6,21H,(H2,18,23)(H2,19,20,22). The van der Waals surface area contributed by atoms with Crippen molar-refractivity contribution in [3.8, 4) is 22.6 Å². The van der Waals surface area contributed by atoms with Crippen LogP contribution < -0.4 is 11.5 Å². The van der Waals surface area contributed by atoms with Crippen molar-refractivity contribution in [2.24, 2.45) is 5.73 Å². The van der Waals surface area contributed by atoms with E-state index >= 15 is 0 Å². The Morgan fingerprint density at radius 2 is 1.96 bits per heavy atom. The molecule has 0 bridgehead atoms. The number of hydrogen-bond acceptors (Lipinski definition) is 4. The molecule has 0 radical (unpaired) electrons. The smallest absolute Gasteiger partial charge is 0.250 e. The van der Waals surface area contributed by atoms with E-state index in [2.05, 4.69) is 15.0 Å². The first-order valence-corrected chi connectivity index (χ1v) is 6.53. The molecule has 0 fully saturated rings. The van der Waals surface area contributed by atoms with Crippen molar-refractivity contribution in [1.29, 1.82) is 0 Å². The van der Waals surface area contributed by atoms with E-state index in [1.54, 1.807) is 6.07 Å². The van der Waals surface area contributed by atoms with Crippen LogP contribution in [-0.2, 0) is 0 Å². The van der Waals surface area contributed by atoms with Gasteiger partial charge < -0.3 is 16.5 Å². The Balaban J connectivity index is 2.19.